The minimum atomic E-state index is -0.954. The van der Waals surface area contributed by atoms with Crippen LogP contribution in [0.3, 0.4) is 0 Å². The van der Waals surface area contributed by atoms with E-state index in [9.17, 15) is 18.8 Å². The molecule has 7 heteroatoms. The standard InChI is InChI=1S/C24H26FN3O3/c25-20-8-4-7-18(15-20)16-21(29)28-13-10-19(11-14-28)24(22(30)26-23(31)27-24)12-9-17-5-2-1-3-6-17/h1-8,15,19H,9-14,16H2,(H2,26,27,30,31). The van der Waals surface area contributed by atoms with Crippen LogP contribution in [-0.4, -0.2) is 41.4 Å². The van der Waals surface area contributed by atoms with E-state index in [0.717, 1.165) is 5.56 Å². The quantitative estimate of drug-likeness (QED) is 0.702. The molecule has 2 aromatic carbocycles. The first-order chi connectivity index (χ1) is 15.0. The number of hydrogen-bond acceptors (Lipinski definition) is 3. The molecule has 0 radical (unpaired) electrons. The average molecular weight is 423 g/mol. The van der Waals surface area contributed by atoms with Crippen molar-refractivity contribution >= 4 is 17.8 Å². The van der Waals surface area contributed by atoms with Crippen molar-refractivity contribution in [2.45, 2.75) is 37.6 Å². The lowest BCUT2D eigenvalue weighted by Crippen LogP contribution is -2.56. The van der Waals surface area contributed by atoms with Crippen LogP contribution in [0.2, 0.25) is 0 Å². The van der Waals surface area contributed by atoms with Gasteiger partial charge in [-0.3, -0.25) is 14.9 Å². The van der Waals surface area contributed by atoms with E-state index in [1.54, 1.807) is 17.0 Å². The zero-order valence-corrected chi connectivity index (χ0v) is 17.3. The molecule has 2 N–H and O–H groups in total. The zero-order valence-electron chi connectivity index (χ0n) is 17.3. The fourth-order valence-corrected chi connectivity index (χ4v) is 4.71. The summed E-state index contributed by atoms with van der Waals surface area (Å²) in [6.45, 7) is 1.02. The number of amides is 4. The van der Waals surface area contributed by atoms with Crippen LogP contribution in [0.25, 0.3) is 0 Å². The molecule has 1 atom stereocenters. The van der Waals surface area contributed by atoms with Gasteiger partial charge < -0.3 is 10.2 Å². The summed E-state index contributed by atoms with van der Waals surface area (Å²) >= 11 is 0. The number of hydrogen-bond donors (Lipinski definition) is 2. The third-order valence-corrected chi connectivity index (χ3v) is 6.41. The molecule has 0 spiro atoms. The maximum Gasteiger partial charge on any atom is 0.322 e. The predicted octanol–water partition coefficient (Wildman–Crippen LogP) is 2.82. The van der Waals surface area contributed by atoms with Gasteiger partial charge in [0.1, 0.15) is 11.4 Å². The van der Waals surface area contributed by atoms with Crippen LogP contribution in [-0.2, 0) is 22.4 Å². The number of piperidine rings is 1. The van der Waals surface area contributed by atoms with Crippen molar-refractivity contribution in [3.63, 3.8) is 0 Å². The van der Waals surface area contributed by atoms with Crippen molar-refractivity contribution < 1.29 is 18.8 Å². The second kappa shape index (κ2) is 8.88. The fraction of sp³-hybridized carbons (Fsp3) is 0.375. The lowest BCUT2D eigenvalue weighted by Gasteiger charge is -2.40. The Hall–Kier alpha value is -3.22. The minimum Gasteiger partial charge on any atom is -0.342 e. The van der Waals surface area contributed by atoms with E-state index in [0.29, 0.717) is 44.3 Å². The SMILES string of the molecule is O=C1NC(=O)C(CCc2ccccc2)(C2CCN(C(=O)Cc3cccc(F)c3)CC2)N1. The summed E-state index contributed by atoms with van der Waals surface area (Å²) in [6, 6.07) is 15.5. The number of benzene rings is 2. The lowest BCUT2D eigenvalue weighted by atomic mass is 9.74. The van der Waals surface area contributed by atoms with E-state index >= 15 is 0 Å². The maximum absolute atomic E-state index is 13.4. The molecule has 31 heavy (non-hydrogen) atoms. The monoisotopic (exact) mass is 423 g/mol. The summed E-state index contributed by atoms with van der Waals surface area (Å²) in [5.41, 5.74) is 0.803. The smallest absolute Gasteiger partial charge is 0.322 e. The van der Waals surface area contributed by atoms with Gasteiger partial charge in [-0.1, -0.05) is 42.5 Å². The Morgan fingerprint density at radius 2 is 1.74 bits per heavy atom. The number of nitrogens with one attached hydrogen (secondary N) is 2. The van der Waals surface area contributed by atoms with Crippen LogP contribution in [0.4, 0.5) is 9.18 Å². The van der Waals surface area contributed by atoms with Crippen LogP contribution in [0.1, 0.15) is 30.4 Å². The van der Waals surface area contributed by atoms with Crippen molar-refractivity contribution in [3.8, 4) is 0 Å². The van der Waals surface area contributed by atoms with Crippen molar-refractivity contribution in [2.24, 2.45) is 5.92 Å². The molecule has 0 aromatic heterocycles. The van der Waals surface area contributed by atoms with Gasteiger partial charge in [0.2, 0.25) is 5.91 Å². The van der Waals surface area contributed by atoms with Gasteiger partial charge in [-0.05, 0) is 54.9 Å². The number of halogens is 1. The molecule has 2 heterocycles. The average Bonchev–Trinajstić information content (AvgIpc) is 3.07. The number of likely N-dealkylation sites (tertiary alicyclic amines) is 1. The summed E-state index contributed by atoms with van der Waals surface area (Å²) < 4.78 is 13.4. The molecule has 2 aromatic rings. The van der Waals surface area contributed by atoms with Crippen LogP contribution in [0.15, 0.2) is 54.6 Å². The normalized spacial score (nSPS) is 21.6. The number of imide groups is 1. The van der Waals surface area contributed by atoms with Gasteiger partial charge in [-0.15, -0.1) is 0 Å². The van der Waals surface area contributed by atoms with Crippen LogP contribution >= 0.6 is 0 Å². The molecule has 2 aliphatic rings. The summed E-state index contributed by atoms with van der Waals surface area (Å²) in [4.78, 5) is 39.2. The van der Waals surface area contributed by atoms with Crippen molar-refractivity contribution in [1.29, 1.82) is 0 Å². The molecule has 0 saturated carbocycles. The van der Waals surface area contributed by atoms with Crippen molar-refractivity contribution in [2.75, 3.05) is 13.1 Å². The summed E-state index contributed by atoms with van der Waals surface area (Å²) in [7, 11) is 0. The Kier molecular flexibility index (Phi) is 6.02. The van der Waals surface area contributed by atoms with Gasteiger partial charge in [-0.2, -0.15) is 0 Å². The number of aryl methyl sites for hydroxylation is 1. The molecule has 4 amide bonds. The van der Waals surface area contributed by atoms with Crippen molar-refractivity contribution in [3.05, 3.63) is 71.5 Å². The second-order valence-corrected chi connectivity index (χ2v) is 8.33. The van der Waals surface area contributed by atoms with E-state index in [2.05, 4.69) is 10.6 Å². The topological polar surface area (TPSA) is 78.5 Å². The molecular weight excluding hydrogens is 397 g/mol. The highest BCUT2D eigenvalue weighted by molar-refractivity contribution is 6.07. The minimum absolute atomic E-state index is 0.0534. The Morgan fingerprint density at radius 3 is 2.39 bits per heavy atom. The van der Waals surface area contributed by atoms with E-state index in [1.807, 2.05) is 30.3 Å². The molecular formula is C24H26FN3O3. The highest BCUT2D eigenvalue weighted by Crippen LogP contribution is 2.35. The predicted molar refractivity (Wildman–Crippen MR) is 114 cm³/mol. The first-order valence-electron chi connectivity index (χ1n) is 10.7. The molecule has 0 bridgehead atoms. The van der Waals surface area contributed by atoms with Crippen LogP contribution in [0.5, 0.6) is 0 Å². The first-order valence-corrected chi connectivity index (χ1v) is 10.7. The van der Waals surface area contributed by atoms with Gasteiger partial charge >= 0.3 is 6.03 Å². The molecule has 0 aliphatic carbocycles. The van der Waals surface area contributed by atoms with E-state index in [-0.39, 0.29) is 30.0 Å². The number of carbonyl (C=O) groups excluding carboxylic acids is 3. The van der Waals surface area contributed by atoms with E-state index < -0.39 is 11.6 Å². The molecule has 2 fully saturated rings. The van der Waals surface area contributed by atoms with Crippen LogP contribution in [0, 0.1) is 11.7 Å². The Morgan fingerprint density at radius 1 is 1.03 bits per heavy atom. The zero-order chi connectivity index (χ0) is 21.8. The third-order valence-electron chi connectivity index (χ3n) is 6.41. The Labute approximate surface area is 180 Å². The number of nitrogens with zero attached hydrogens (tertiary/aromatic N) is 1. The molecule has 6 nitrogen and oxygen atoms in total. The largest absolute Gasteiger partial charge is 0.342 e. The maximum atomic E-state index is 13.4. The molecule has 1 unspecified atom stereocenters. The molecule has 2 saturated heterocycles. The van der Waals surface area contributed by atoms with Gasteiger partial charge in [0.15, 0.2) is 0 Å². The van der Waals surface area contributed by atoms with Gasteiger partial charge in [0, 0.05) is 13.1 Å². The first kappa shape index (κ1) is 21.0. The fourth-order valence-electron chi connectivity index (χ4n) is 4.71. The Bertz CT molecular complexity index is 973. The second-order valence-electron chi connectivity index (χ2n) is 8.33. The van der Waals surface area contributed by atoms with E-state index in [1.165, 1.54) is 12.1 Å². The summed E-state index contributed by atoms with van der Waals surface area (Å²) in [6.07, 6.45) is 2.58. The third kappa shape index (κ3) is 4.60. The summed E-state index contributed by atoms with van der Waals surface area (Å²) in [5.74, 6) is -0.742. The lowest BCUT2D eigenvalue weighted by molar-refractivity contribution is -0.133. The van der Waals surface area contributed by atoms with Gasteiger partial charge in [0.05, 0.1) is 6.42 Å². The van der Waals surface area contributed by atoms with Gasteiger partial charge in [-0.25, -0.2) is 9.18 Å². The van der Waals surface area contributed by atoms with Crippen LogP contribution < -0.4 is 10.6 Å². The molecule has 162 valence electrons. The highest BCUT2D eigenvalue weighted by atomic mass is 19.1. The molecule has 2 aliphatic heterocycles. The summed E-state index contributed by atoms with van der Waals surface area (Å²) in [5, 5.41) is 5.31. The number of carbonyl (C=O) groups is 3. The highest BCUT2D eigenvalue weighted by Gasteiger charge is 2.51. The number of urea groups is 1. The van der Waals surface area contributed by atoms with E-state index in [4.69, 9.17) is 0 Å². The number of rotatable bonds is 6. The molecule has 4 rings (SSSR count). The van der Waals surface area contributed by atoms with Gasteiger partial charge in [0.25, 0.3) is 5.91 Å². The van der Waals surface area contributed by atoms with Crippen molar-refractivity contribution in [1.82, 2.24) is 15.5 Å². The Balaban J connectivity index is 1.41.